The predicted octanol–water partition coefficient (Wildman–Crippen LogP) is 3.97. The fourth-order valence-corrected chi connectivity index (χ4v) is 3.23. The van der Waals surface area contributed by atoms with Crippen molar-refractivity contribution in [2.45, 2.75) is 40.2 Å². The zero-order chi connectivity index (χ0) is 15.4. The van der Waals surface area contributed by atoms with E-state index in [1.54, 1.807) is 18.4 Å². The molecule has 1 N–H and O–H groups in total. The van der Waals surface area contributed by atoms with Gasteiger partial charge in [0.1, 0.15) is 5.75 Å². The van der Waals surface area contributed by atoms with Gasteiger partial charge in [-0.15, -0.1) is 11.3 Å². The van der Waals surface area contributed by atoms with Crippen LogP contribution in [0.25, 0.3) is 0 Å². The highest BCUT2D eigenvalue weighted by atomic mass is 32.1. The highest BCUT2D eigenvalue weighted by Gasteiger charge is 2.19. The molecule has 1 aromatic carbocycles. The maximum absolute atomic E-state index is 5.67. The first kappa shape index (κ1) is 16.0. The van der Waals surface area contributed by atoms with Crippen molar-refractivity contribution in [3.8, 4) is 5.75 Å². The lowest BCUT2D eigenvalue weighted by atomic mass is 9.96. The summed E-state index contributed by atoms with van der Waals surface area (Å²) in [6.45, 7) is 9.34. The average Bonchev–Trinajstić information content (AvgIpc) is 2.86. The fraction of sp³-hybridized carbons (Fsp3) is 0.471. The molecule has 4 heteroatoms. The molecule has 0 aliphatic heterocycles. The van der Waals surface area contributed by atoms with E-state index in [1.165, 1.54) is 16.7 Å². The molecular weight excluding hydrogens is 280 g/mol. The van der Waals surface area contributed by atoms with Gasteiger partial charge >= 0.3 is 0 Å². The smallest absolute Gasteiger partial charge is 0.126 e. The number of aromatic nitrogens is 1. The van der Waals surface area contributed by atoms with Crippen molar-refractivity contribution in [3.05, 3.63) is 44.9 Å². The van der Waals surface area contributed by atoms with Crippen molar-refractivity contribution in [1.82, 2.24) is 10.3 Å². The van der Waals surface area contributed by atoms with Gasteiger partial charge in [0.05, 0.1) is 17.8 Å². The molecule has 0 aliphatic rings. The van der Waals surface area contributed by atoms with E-state index in [0.29, 0.717) is 0 Å². The van der Waals surface area contributed by atoms with Gasteiger partial charge in [-0.05, 0) is 38.4 Å². The van der Waals surface area contributed by atoms with Crippen LogP contribution < -0.4 is 10.1 Å². The second kappa shape index (κ2) is 7.05. The van der Waals surface area contributed by atoms with Crippen LogP contribution in [0.3, 0.4) is 0 Å². The van der Waals surface area contributed by atoms with Gasteiger partial charge in [0, 0.05) is 23.4 Å². The Bertz CT molecular complexity index is 607. The Hall–Kier alpha value is -1.39. The number of hydrogen-bond acceptors (Lipinski definition) is 4. The molecule has 1 atom stereocenters. The molecule has 0 bridgehead atoms. The van der Waals surface area contributed by atoms with E-state index in [9.17, 15) is 0 Å². The van der Waals surface area contributed by atoms with Gasteiger partial charge in [-0.25, -0.2) is 4.98 Å². The lowest BCUT2D eigenvalue weighted by molar-refractivity contribution is 0.395. The number of likely N-dealkylation sites (N-methyl/N-ethyl adjacent to an activating group) is 1. The van der Waals surface area contributed by atoms with E-state index in [0.717, 1.165) is 29.4 Å². The van der Waals surface area contributed by atoms with Crippen molar-refractivity contribution >= 4 is 11.3 Å². The number of benzene rings is 1. The van der Waals surface area contributed by atoms with Gasteiger partial charge in [0.25, 0.3) is 0 Å². The van der Waals surface area contributed by atoms with E-state index in [1.807, 2.05) is 6.92 Å². The molecule has 21 heavy (non-hydrogen) atoms. The molecule has 0 saturated carbocycles. The van der Waals surface area contributed by atoms with E-state index in [-0.39, 0.29) is 6.04 Å². The fourth-order valence-electron chi connectivity index (χ4n) is 2.61. The van der Waals surface area contributed by atoms with Gasteiger partial charge in [0.15, 0.2) is 0 Å². The highest BCUT2D eigenvalue weighted by Crippen LogP contribution is 2.32. The molecule has 1 unspecified atom stereocenters. The Labute approximate surface area is 131 Å². The predicted molar refractivity (Wildman–Crippen MR) is 89.4 cm³/mol. The Morgan fingerprint density at radius 2 is 2.05 bits per heavy atom. The molecule has 1 aromatic heterocycles. The molecule has 0 amide bonds. The van der Waals surface area contributed by atoms with E-state index >= 15 is 0 Å². The van der Waals surface area contributed by atoms with Gasteiger partial charge in [-0.3, -0.25) is 0 Å². The van der Waals surface area contributed by atoms with Crippen LogP contribution in [0, 0.1) is 20.8 Å². The van der Waals surface area contributed by atoms with E-state index in [2.05, 4.69) is 48.6 Å². The second-order valence-corrected chi connectivity index (χ2v) is 6.36. The third-order valence-corrected chi connectivity index (χ3v) is 4.64. The monoisotopic (exact) mass is 304 g/mol. The van der Waals surface area contributed by atoms with Crippen molar-refractivity contribution in [2.75, 3.05) is 13.7 Å². The summed E-state index contributed by atoms with van der Waals surface area (Å²) in [7, 11) is 1.75. The number of aryl methyl sites for hydroxylation is 2. The number of hydrogen-bond donors (Lipinski definition) is 1. The molecule has 1 heterocycles. The molecule has 0 radical (unpaired) electrons. The lowest BCUT2D eigenvalue weighted by Crippen LogP contribution is -2.24. The summed E-state index contributed by atoms with van der Waals surface area (Å²) >= 11 is 1.71. The maximum atomic E-state index is 5.67. The van der Waals surface area contributed by atoms with Gasteiger partial charge in [-0.1, -0.05) is 19.1 Å². The molecular formula is C17H24N2OS. The summed E-state index contributed by atoms with van der Waals surface area (Å²) < 4.78 is 5.67. The van der Waals surface area contributed by atoms with Gasteiger partial charge in [0.2, 0.25) is 0 Å². The van der Waals surface area contributed by atoms with Crippen LogP contribution in [0.5, 0.6) is 5.75 Å². The van der Waals surface area contributed by atoms with Gasteiger partial charge < -0.3 is 10.1 Å². The molecule has 3 nitrogen and oxygen atoms in total. The average molecular weight is 304 g/mol. The van der Waals surface area contributed by atoms with Crippen molar-refractivity contribution in [2.24, 2.45) is 0 Å². The molecule has 0 spiro atoms. The number of nitrogens with one attached hydrogen (secondary N) is 1. The minimum Gasteiger partial charge on any atom is -0.496 e. The van der Waals surface area contributed by atoms with Crippen LogP contribution in [0.15, 0.2) is 17.5 Å². The first-order chi connectivity index (χ1) is 10.1. The van der Waals surface area contributed by atoms with Crippen LogP contribution in [0.1, 0.15) is 40.4 Å². The minimum atomic E-state index is 0.228. The lowest BCUT2D eigenvalue weighted by Gasteiger charge is -2.22. The summed E-state index contributed by atoms with van der Waals surface area (Å²) in [6, 6.07) is 4.57. The first-order valence-corrected chi connectivity index (χ1v) is 8.23. The highest BCUT2D eigenvalue weighted by molar-refractivity contribution is 7.09. The quantitative estimate of drug-likeness (QED) is 0.877. The number of nitrogens with zero attached hydrogens (tertiary/aromatic N) is 1. The Morgan fingerprint density at radius 3 is 2.62 bits per heavy atom. The first-order valence-electron chi connectivity index (χ1n) is 7.35. The zero-order valence-corrected chi connectivity index (χ0v) is 14.3. The summed E-state index contributed by atoms with van der Waals surface area (Å²) in [4.78, 5) is 4.59. The zero-order valence-electron chi connectivity index (χ0n) is 13.5. The van der Waals surface area contributed by atoms with E-state index < -0.39 is 0 Å². The van der Waals surface area contributed by atoms with Crippen LogP contribution >= 0.6 is 11.3 Å². The third-order valence-electron chi connectivity index (χ3n) is 3.82. The largest absolute Gasteiger partial charge is 0.496 e. The topological polar surface area (TPSA) is 34.2 Å². The maximum Gasteiger partial charge on any atom is 0.126 e. The van der Waals surface area contributed by atoms with Crippen LogP contribution in [-0.2, 0) is 6.42 Å². The van der Waals surface area contributed by atoms with Crippen molar-refractivity contribution < 1.29 is 4.74 Å². The second-order valence-electron chi connectivity index (χ2n) is 5.30. The van der Waals surface area contributed by atoms with Crippen molar-refractivity contribution in [1.29, 1.82) is 0 Å². The van der Waals surface area contributed by atoms with Crippen LogP contribution in [0.4, 0.5) is 0 Å². The SMILES string of the molecule is CCNC(Cc1csc(C)n1)c1ccc(C)c(C)c1OC. The normalized spacial score (nSPS) is 12.4. The van der Waals surface area contributed by atoms with Crippen LogP contribution in [-0.4, -0.2) is 18.6 Å². The molecule has 2 rings (SSSR count). The summed E-state index contributed by atoms with van der Waals surface area (Å²) in [5.74, 6) is 0.993. The summed E-state index contributed by atoms with van der Waals surface area (Å²) in [6.07, 6.45) is 0.886. The summed E-state index contributed by atoms with van der Waals surface area (Å²) in [5.41, 5.74) is 4.83. The molecule has 114 valence electrons. The molecule has 0 aliphatic carbocycles. The third kappa shape index (κ3) is 3.63. The van der Waals surface area contributed by atoms with E-state index in [4.69, 9.17) is 4.74 Å². The molecule has 0 fully saturated rings. The number of ether oxygens (including phenoxy) is 1. The Kier molecular flexibility index (Phi) is 5.37. The van der Waals surface area contributed by atoms with Gasteiger partial charge in [-0.2, -0.15) is 0 Å². The number of methoxy groups -OCH3 is 1. The Balaban J connectivity index is 2.35. The summed E-state index contributed by atoms with van der Waals surface area (Å²) in [5, 5.41) is 6.83. The number of rotatable bonds is 6. The Morgan fingerprint density at radius 1 is 1.29 bits per heavy atom. The minimum absolute atomic E-state index is 0.228. The standard InChI is InChI=1S/C17H24N2OS/c1-6-18-16(9-14-10-21-13(4)19-14)15-8-7-11(2)12(3)17(15)20-5/h7-8,10,16,18H,6,9H2,1-5H3. The molecule has 0 saturated heterocycles. The molecule has 2 aromatic rings. The number of thiazole rings is 1. The van der Waals surface area contributed by atoms with Crippen LogP contribution in [0.2, 0.25) is 0 Å². The van der Waals surface area contributed by atoms with Crippen molar-refractivity contribution in [3.63, 3.8) is 0 Å².